The molecule has 0 saturated heterocycles. The van der Waals surface area contributed by atoms with Gasteiger partial charge in [0.15, 0.2) is 0 Å². The maximum absolute atomic E-state index is 11.4. The maximum atomic E-state index is 11.4. The van der Waals surface area contributed by atoms with Crippen molar-refractivity contribution in [2.24, 2.45) is 5.92 Å². The molecule has 0 heterocycles. The number of carbonyl (C=O) groups is 1. The molecule has 100 valence electrons. The van der Waals surface area contributed by atoms with E-state index in [1.165, 1.54) is 38.5 Å². The van der Waals surface area contributed by atoms with E-state index < -0.39 is 0 Å². The Morgan fingerprint density at radius 2 is 1.82 bits per heavy atom. The highest BCUT2D eigenvalue weighted by molar-refractivity contribution is 5.76. The normalized spacial score (nSPS) is 18.1. The third-order valence-corrected chi connectivity index (χ3v) is 3.39. The quantitative estimate of drug-likeness (QED) is 0.553. The van der Waals surface area contributed by atoms with Crippen LogP contribution in [0.5, 0.6) is 0 Å². The van der Waals surface area contributed by atoms with Gasteiger partial charge in [-0.1, -0.05) is 25.7 Å². The first-order chi connectivity index (χ1) is 8.18. The van der Waals surface area contributed by atoms with Crippen LogP contribution in [0.2, 0.25) is 0 Å². The van der Waals surface area contributed by atoms with Crippen molar-refractivity contribution in [3.05, 3.63) is 0 Å². The Balaban J connectivity index is 2.01. The van der Waals surface area contributed by atoms with Gasteiger partial charge in [0.2, 0.25) is 5.91 Å². The minimum atomic E-state index is 0.161. The van der Waals surface area contributed by atoms with Crippen LogP contribution in [0.1, 0.15) is 58.8 Å². The molecule has 0 unspecified atom stereocenters. The molecule has 0 bridgehead atoms. The summed E-state index contributed by atoms with van der Waals surface area (Å²) in [6.07, 6.45) is 8.93. The SMILES string of the molecule is CC(C)NC(=O)CCNCC1CCCCCC1. The standard InChI is InChI=1S/C14H28N2O/c1-12(2)16-14(17)9-10-15-11-13-7-5-3-4-6-8-13/h12-13,15H,3-11H2,1-2H3,(H,16,17). The van der Waals surface area contributed by atoms with Crippen molar-refractivity contribution in [2.45, 2.75) is 64.8 Å². The molecule has 1 fully saturated rings. The zero-order valence-corrected chi connectivity index (χ0v) is 11.4. The van der Waals surface area contributed by atoms with E-state index in [-0.39, 0.29) is 11.9 Å². The number of carbonyl (C=O) groups excluding carboxylic acids is 1. The Kier molecular flexibility index (Phi) is 7.25. The maximum Gasteiger partial charge on any atom is 0.221 e. The van der Waals surface area contributed by atoms with E-state index in [9.17, 15) is 4.79 Å². The molecule has 0 aromatic carbocycles. The molecule has 0 aromatic heterocycles. The number of hydrogen-bond acceptors (Lipinski definition) is 2. The van der Waals surface area contributed by atoms with Crippen LogP contribution in [0.25, 0.3) is 0 Å². The predicted octanol–water partition coefficient (Wildman–Crippen LogP) is 2.46. The first-order valence-corrected chi connectivity index (χ1v) is 7.18. The molecule has 0 radical (unpaired) electrons. The van der Waals surface area contributed by atoms with E-state index in [1.54, 1.807) is 0 Å². The Hall–Kier alpha value is -0.570. The highest BCUT2D eigenvalue weighted by Crippen LogP contribution is 2.21. The Bertz CT molecular complexity index is 208. The van der Waals surface area contributed by atoms with E-state index in [1.807, 2.05) is 13.8 Å². The summed E-state index contributed by atoms with van der Waals surface area (Å²) < 4.78 is 0. The van der Waals surface area contributed by atoms with Crippen LogP contribution in [-0.4, -0.2) is 25.0 Å². The van der Waals surface area contributed by atoms with Gasteiger partial charge in [0.25, 0.3) is 0 Å². The van der Waals surface area contributed by atoms with Gasteiger partial charge in [0, 0.05) is 19.0 Å². The molecule has 2 N–H and O–H groups in total. The van der Waals surface area contributed by atoms with Gasteiger partial charge < -0.3 is 10.6 Å². The van der Waals surface area contributed by atoms with Crippen LogP contribution >= 0.6 is 0 Å². The molecule has 1 aliphatic carbocycles. The average molecular weight is 240 g/mol. The van der Waals surface area contributed by atoms with Crippen molar-refractivity contribution in [1.29, 1.82) is 0 Å². The van der Waals surface area contributed by atoms with Crippen molar-refractivity contribution < 1.29 is 4.79 Å². The van der Waals surface area contributed by atoms with E-state index in [0.717, 1.165) is 19.0 Å². The van der Waals surface area contributed by atoms with E-state index in [4.69, 9.17) is 0 Å². The third-order valence-electron chi connectivity index (χ3n) is 3.39. The molecule has 0 spiro atoms. The van der Waals surface area contributed by atoms with E-state index in [2.05, 4.69) is 10.6 Å². The molecule has 0 atom stereocenters. The van der Waals surface area contributed by atoms with Crippen molar-refractivity contribution in [3.63, 3.8) is 0 Å². The van der Waals surface area contributed by atoms with Crippen LogP contribution < -0.4 is 10.6 Å². The lowest BCUT2D eigenvalue weighted by molar-refractivity contribution is -0.121. The van der Waals surface area contributed by atoms with Gasteiger partial charge in [-0.25, -0.2) is 0 Å². The summed E-state index contributed by atoms with van der Waals surface area (Å²) in [6.45, 7) is 5.90. The molecular weight excluding hydrogens is 212 g/mol. The second-order valence-electron chi connectivity index (χ2n) is 5.53. The first kappa shape index (κ1) is 14.5. The fraction of sp³-hybridized carbons (Fsp3) is 0.929. The Morgan fingerprint density at radius 1 is 1.18 bits per heavy atom. The highest BCUT2D eigenvalue weighted by Gasteiger charge is 2.11. The third kappa shape index (κ3) is 7.37. The zero-order valence-electron chi connectivity index (χ0n) is 11.4. The zero-order chi connectivity index (χ0) is 12.5. The van der Waals surface area contributed by atoms with Gasteiger partial charge in [-0.2, -0.15) is 0 Å². The van der Waals surface area contributed by atoms with Gasteiger partial charge in [-0.15, -0.1) is 0 Å². The van der Waals surface area contributed by atoms with Crippen LogP contribution in [-0.2, 0) is 4.79 Å². The number of rotatable bonds is 6. The summed E-state index contributed by atoms with van der Waals surface area (Å²) in [5.41, 5.74) is 0. The van der Waals surface area contributed by atoms with Gasteiger partial charge in [0.1, 0.15) is 0 Å². The van der Waals surface area contributed by atoms with Crippen LogP contribution in [0.4, 0.5) is 0 Å². The fourth-order valence-electron chi connectivity index (χ4n) is 2.47. The average Bonchev–Trinajstić information content (AvgIpc) is 2.52. The van der Waals surface area contributed by atoms with Crippen molar-refractivity contribution in [1.82, 2.24) is 10.6 Å². The summed E-state index contributed by atoms with van der Waals surface area (Å²) in [6, 6.07) is 0.254. The first-order valence-electron chi connectivity index (χ1n) is 7.18. The topological polar surface area (TPSA) is 41.1 Å². The molecule has 1 saturated carbocycles. The molecule has 1 amide bonds. The van der Waals surface area contributed by atoms with Crippen molar-refractivity contribution in [2.75, 3.05) is 13.1 Å². The molecule has 1 aliphatic rings. The summed E-state index contributed by atoms with van der Waals surface area (Å²) in [5, 5.41) is 6.34. The monoisotopic (exact) mass is 240 g/mol. The minimum absolute atomic E-state index is 0.161. The van der Waals surface area contributed by atoms with Gasteiger partial charge in [-0.3, -0.25) is 4.79 Å². The van der Waals surface area contributed by atoms with Gasteiger partial charge >= 0.3 is 0 Å². The molecule has 1 rings (SSSR count). The van der Waals surface area contributed by atoms with Crippen molar-refractivity contribution in [3.8, 4) is 0 Å². The molecule has 0 aliphatic heterocycles. The number of nitrogens with one attached hydrogen (secondary N) is 2. The predicted molar refractivity (Wildman–Crippen MR) is 72.0 cm³/mol. The number of hydrogen-bond donors (Lipinski definition) is 2. The summed E-state index contributed by atoms with van der Waals surface area (Å²) in [7, 11) is 0. The highest BCUT2D eigenvalue weighted by atomic mass is 16.1. The second-order valence-corrected chi connectivity index (χ2v) is 5.53. The lowest BCUT2D eigenvalue weighted by Crippen LogP contribution is -2.33. The minimum Gasteiger partial charge on any atom is -0.354 e. The fourth-order valence-corrected chi connectivity index (χ4v) is 2.47. The van der Waals surface area contributed by atoms with Crippen LogP contribution in [0.3, 0.4) is 0 Å². The molecular formula is C14H28N2O. The second kappa shape index (κ2) is 8.51. The van der Waals surface area contributed by atoms with E-state index in [0.29, 0.717) is 6.42 Å². The smallest absolute Gasteiger partial charge is 0.221 e. The summed E-state index contributed by atoms with van der Waals surface area (Å²) >= 11 is 0. The van der Waals surface area contributed by atoms with Gasteiger partial charge in [-0.05, 0) is 39.2 Å². The van der Waals surface area contributed by atoms with Crippen molar-refractivity contribution >= 4 is 5.91 Å². The molecule has 3 heteroatoms. The van der Waals surface area contributed by atoms with E-state index >= 15 is 0 Å². The van der Waals surface area contributed by atoms with Crippen LogP contribution in [0.15, 0.2) is 0 Å². The largest absolute Gasteiger partial charge is 0.354 e. The number of amides is 1. The lowest BCUT2D eigenvalue weighted by Gasteiger charge is -2.15. The van der Waals surface area contributed by atoms with Crippen LogP contribution in [0, 0.1) is 5.92 Å². The summed E-state index contributed by atoms with van der Waals surface area (Å²) in [5.74, 6) is 0.999. The molecule has 3 nitrogen and oxygen atoms in total. The molecule has 17 heavy (non-hydrogen) atoms. The lowest BCUT2D eigenvalue weighted by atomic mass is 10.0. The molecule has 0 aromatic rings. The summed E-state index contributed by atoms with van der Waals surface area (Å²) in [4.78, 5) is 11.4. The Labute approximate surface area is 106 Å². The Morgan fingerprint density at radius 3 is 2.41 bits per heavy atom. The van der Waals surface area contributed by atoms with Gasteiger partial charge in [0.05, 0.1) is 0 Å².